The van der Waals surface area contributed by atoms with E-state index in [1.807, 2.05) is 32.9 Å². The number of hydrogen-bond acceptors (Lipinski definition) is 4. The molecule has 0 radical (unpaired) electrons. The number of carbonyl (C=O) groups excluding carboxylic acids is 1. The Morgan fingerprint density at radius 3 is 2.78 bits per heavy atom. The summed E-state index contributed by atoms with van der Waals surface area (Å²) in [6, 6.07) is 5.22. The molecule has 1 heterocycles. The highest BCUT2D eigenvalue weighted by atomic mass is 16.3. The third kappa shape index (κ3) is 4.32. The summed E-state index contributed by atoms with van der Waals surface area (Å²) in [5, 5.41) is 15.7. The Balaban J connectivity index is 2.05. The highest BCUT2D eigenvalue weighted by Gasteiger charge is 2.25. The highest BCUT2D eigenvalue weighted by Crippen LogP contribution is 2.24. The first-order valence-electron chi connectivity index (χ1n) is 7.57. The van der Waals surface area contributed by atoms with Gasteiger partial charge in [0, 0.05) is 17.8 Å². The van der Waals surface area contributed by atoms with Crippen molar-refractivity contribution in [3.63, 3.8) is 0 Å². The first kappa shape index (κ1) is 17.0. The van der Waals surface area contributed by atoms with Crippen molar-refractivity contribution in [1.82, 2.24) is 10.3 Å². The Morgan fingerprint density at radius 1 is 1.43 bits per heavy atom. The molecule has 0 spiro atoms. The summed E-state index contributed by atoms with van der Waals surface area (Å²) in [5.41, 5.74) is 1.42. The molecule has 2 aromatic rings. The van der Waals surface area contributed by atoms with Gasteiger partial charge in [-0.15, -0.1) is 0 Å². The fourth-order valence-electron chi connectivity index (χ4n) is 1.89. The number of benzene rings is 1. The van der Waals surface area contributed by atoms with Crippen molar-refractivity contribution >= 4 is 11.7 Å². The molecule has 2 amide bonds. The van der Waals surface area contributed by atoms with Gasteiger partial charge in [-0.1, -0.05) is 19.9 Å². The lowest BCUT2D eigenvalue weighted by atomic mass is 9.93. The van der Waals surface area contributed by atoms with Crippen LogP contribution in [0.3, 0.4) is 0 Å². The topological polar surface area (TPSA) is 87.4 Å². The molecule has 1 aromatic carbocycles. The Hall–Kier alpha value is -2.34. The van der Waals surface area contributed by atoms with Gasteiger partial charge in [-0.3, -0.25) is 0 Å². The summed E-state index contributed by atoms with van der Waals surface area (Å²) >= 11 is 0. The predicted molar refractivity (Wildman–Crippen MR) is 89.2 cm³/mol. The van der Waals surface area contributed by atoms with Gasteiger partial charge in [-0.2, -0.15) is 0 Å². The molecule has 0 fully saturated rings. The van der Waals surface area contributed by atoms with Crippen LogP contribution in [0.2, 0.25) is 0 Å². The molecule has 0 saturated carbocycles. The Labute approximate surface area is 135 Å². The number of nitrogens with zero attached hydrogens (tertiary/aromatic N) is 1. The maximum atomic E-state index is 12.1. The van der Waals surface area contributed by atoms with Crippen LogP contribution < -0.4 is 10.6 Å². The summed E-state index contributed by atoms with van der Waals surface area (Å²) in [4.78, 5) is 16.2. The normalized spacial score (nSPS) is 13.7. The molecule has 124 valence electrons. The van der Waals surface area contributed by atoms with Crippen molar-refractivity contribution in [3.05, 3.63) is 36.2 Å². The molecule has 6 nitrogen and oxygen atoms in total. The first-order valence-corrected chi connectivity index (χ1v) is 7.57. The van der Waals surface area contributed by atoms with Gasteiger partial charge in [-0.25, -0.2) is 9.78 Å². The third-order valence-corrected chi connectivity index (χ3v) is 4.02. The fourth-order valence-corrected chi connectivity index (χ4v) is 1.89. The molecule has 6 heteroatoms. The number of nitrogens with one attached hydrogen (secondary N) is 2. The number of hydrogen-bond donors (Lipinski definition) is 3. The van der Waals surface area contributed by atoms with E-state index in [0.717, 1.165) is 11.1 Å². The van der Waals surface area contributed by atoms with Crippen LogP contribution in [0.25, 0.3) is 11.5 Å². The zero-order valence-electron chi connectivity index (χ0n) is 13.9. The van der Waals surface area contributed by atoms with E-state index in [1.165, 1.54) is 6.26 Å². The van der Waals surface area contributed by atoms with Crippen LogP contribution in [0.5, 0.6) is 0 Å². The average molecular weight is 317 g/mol. The smallest absolute Gasteiger partial charge is 0.319 e. The Kier molecular flexibility index (Phi) is 5.05. The summed E-state index contributed by atoms with van der Waals surface area (Å²) in [7, 11) is 0. The van der Waals surface area contributed by atoms with Gasteiger partial charge < -0.3 is 20.2 Å². The predicted octanol–water partition coefficient (Wildman–Crippen LogP) is 3.18. The van der Waals surface area contributed by atoms with E-state index < -0.39 is 5.60 Å². The second-order valence-electron chi connectivity index (χ2n) is 6.19. The van der Waals surface area contributed by atoms with E-state index in [-0.39, 0.29) is 18.5 Å². The minimum Gasteiger partial charge on any atom is -0.445 e. The number of aryl methyl sites for hydroxylation is 1. The molecule has 1 unspecified atom stereocenters. The van der Waals surface area contributed by atoms with Gasteiger partial charge in [0.25, 0.3) is 0 Å². The fraction of sp³-hybridized carbons (Fsp3) is 0.412. The van der Waals surface area contributed by atoms with E-state index in [2.05, 4.69) is 15.6 Å². The van der Waals surface area contributed by atoms with Crippen LogP contribution >= 0.6 is 0 Å². The molecule has 2 rings (SSSR count). The van der Waals surface area contributed by atoms with E-state index in [0.29, 0.717) is 11.6 Å². The Bertz CT molecular complexity index is 664. The molecule has 0 aliphatic heterocycles. The second kappa shape index (κ2) is 6.83. The maximum Gasteiger partial charge on any atom is 0.319 e. The lowest BCUT2D eigenvalue weighted by molar-refractivity contribution is 0.0170. The molecule has 0 aliphatic carbocycles. The van der Waals surface area contributed by atoms with Crippen molar-refractivity contribution in [3.8, 4) is 11.5 Å². The molecule has 0 saturated heterocycles. The largest absolute Gasteiger partial charge is 0.445 e. The van der Waals surface area contributed by atoms with Crippen molar-refractivity contribution < 1.29 is 14.3 Å². The number of oxazole rings is 1. The van der Waals surface area contributed by atoms with E-state index in [1.54, 1.807) is 19.2 Å². The number of anilines is 1. The molecule has 0 bridgehead atoms. The van der Waals surface area contributed by atoms with Gasteiger partial charge in [0.1, 0.15) is 6.26 Å². The first-order chi connectivity index (χ1) is 10.8. The monoisotopic (exact) mass is 317 g/mol. The number of rotatable bonds is 5. The van der Waals surface area contributed by atoms with Gasteiger partial charge in [0.05, 0.1) is 11.8 Å². The summed E-state index contributed by atoms with van der Waals surface area (Å²) in [6.07, 6.45) is 3.08. The molecule has 3 N–H and O–H groups in total. The van der Waals surface area contributed by atoms with E-state index >= 15 is 0 Å². The summed E-state index contributed by atoms with van der Waals surface area (Å²) < 4.78 is 5.27. The van der Waals surface area contributed by atoms with Crippen molar-refractivity contribution in [2.24, 2.45) is 5.92 Å². The SMILES string of the molecule is Cc1ccc(-c2ncco2)cc1NC(=O)NCC(C)(O)C(C)C. The van der Waals surface area contributed by atoms with Crippen LogP contribution in [0, 0.1) is 12.8 Å². The molecule has 23 heavy (non-hydrogen) atoms. The summed E-state index contributed by atoms with van der Waals surface area (Å²) in [5.74, 6) is 0.536. The van der Waals surface area contributed by atoms with Crippen LogP contribution in [0.15, 0.2) is 35.1 Å². The quantitative estimate of drug-likeness (QED) is 0.790. The third-order valence-electron chi connectivity index (χ3n) is 4.02. The van der Waals surface area contributed by atoms with Crippen molar-refractivity contribution in [2.75, 3.05) is 11.9 Å². The van der Waals surface area contributed by atoms with Crippen LogP contribution in [0.4, 0.5) is 10.5 Å². The number of carbonyl (C=O) groups is 1. The molecular formula is C17H23N3O3. The standard InChI is InChI=1S/C17H23N3O3/c1-11(2)17(4,22)10-19-16(21)20-14-9-13(6-5-12(14)3)15-18-7-8-23-15/h5-9,11,22H,10H2,1-4H3,(H2,19,20,21). The molecule has 1 atom stereocenters. The van der Waals surface area contributed by atoms with Crippen molar-refractivity contribution in [1.29, 1.82) is 0 Å². The lowest BCUT2D eigenvalue weighted by Gasteiger charge is -2.27. The summed E-state index contributed by atoms with van der Waals surface area (Å²) in [6.45, 7) is 7.59. The second-order valence-corrected chi connectivity index (χ2v) is 6.19. The van der Waals surface area contributed by atoms with Crippen LogP contribution in [-0.4, -0.2) is 28.3 Å². The average Bonchev–Trinajstić information content (AvgIpc) is 3.01. The van der Waals surface area contributed by atoms with E-state index in [9.17, 15) is 9.90 Å². The molecular weight excluding hydrogens is 294 g/mol. The highest BCUT2D eigenvalue weighted by molar-refractivity contribution is 5.90. The number of aromatic nitrogens is 1. The number of amides is 2. The van der Waals surface area contributed by atoms with Gasteiger partial charge in [-0.05, 0) is 37.5 Å². The maximum absolute atomic E-state index is 12.1. The van der Waals surface area contributed by atoms with Gasteiger partial charge in [0.2, 0.25) is 5.89 Å². The molecule has 1 aromatic heterocycles. The molecule has 0 aliphatic rings. The minimum absolute atomic E-state index is 0.0397. The number of urea groups is 1. The number of aliphatic hydroxyl groups is 1. The minimum atomic E-state index is -0.952. The van der Waals surface area contributed by atoms with Gasteiger partial charge >= 0.3 is 6.03 Å². The van der Waals surface area contributed by atoms with Crippen molar-refractivity contribution in [2.45, 2.75) is 33.3 Å². The Morgan fingerprint density at radius 2 is 2.17 bits per heavy atom. The van der Waals surface area contributed by atoms with E-state index in [4.69, 9.17) is 4.42 Å². The van der Waals surface area contributed by atoms with Crippen LogP contribution in [-0.2, 0) is 0 Å². The lowest BCUT2D eigenvalue weighted by Crippen LogP contribution is -2.45. The zero-order valence-corrected chi connectivity index (χ0v) is 13.9. The van der Waals surface area contributed by atoms with Crippen LogP contribution in [0.1, 0.15) is 26.3 Å². The van der Waals surface area contributed by atoms with Gasteiger partial charge in [0.15, 0.2) is 0 Å². The zero-order chi connectivity index (χ0) is 17.0.